The fourth-order valence-corrected chi connectivity index (χ4v) is 1.82. The van der Waals surface area contributed by atoms with E-state index in [0.29, 0.717) is 23.1 Å². The number of aryl methyl sites for hydroxylation is 1. The second kappa shape index (κ2) is 7.07. The monoisotopic (exact) mass is 278 g/mol. The van der Waals surface area contributed by atoms with Crippen molar-refractivity contribution in [2.24, 2.45) is 0 Å². The van der Waals surface area contributed by atoms with E-state index in [-0.39, 0.29) is 6.61 Å². The average molecular weight is 279 g/mol. The van der Waals surface area contributed by atoms with Crippen LogP contribution in [-0.4, -0.2) is 21.7 Å². The van der Waals surface area contributed by atoms with Crippen LogP contribution in [0.5, 0.6) is 5.88 Å². The standard InChI is InChI=1S/C14H15ClN2O2/c15-13-9-17-14(8-12(13)10-18)19-7-1-2-11-3-5-16-6-4-11/h3-6,8-9,18H,1-2,7,10H2. The fourth-order valence-electron chi connectivity index (χ4n) is 1.66. The fraction of sp³-hybridized carbons (Fsp3) is 0.286. The molecule has 2 heterocycles. The molecule has 0 aliphatic rings. The number of aliphatic hydroxyl groups is 1. The van der Waals surface area contributed by atoms with E-state index >= 15 is 0 Å². The minimum Gasteiger partial charge on any atom is -0.478 e. The highest BCUT2D eigenvalue weighted by Crippen LogP contribution is 2.19. The minimum atomic E-state index is -0.116. The molecule has 0 atom stereocenters. The van der Waals surface area contributed by atoms with E-state index in [9.17, 15) is 0 Å². The van der Waals surface area contributed by atoms with Crippen molar-refractivity contribution in [3.05, 3.63) is 52.9 Å². The van der Waals surface area contributed by atoms with Crippen LogP contribution in [0.4, 0.5) is 0 Å². The Kier molecular flexibility index (Phi) is 5.12. The molecule has 0 spiro atoms. The van der Waals surface area contributed by atoms with Crippen molar-refractivity contribution in [2.45, 2.75) is 19.4 Å². The van der Waals surface area contributed by atoms with Gasteiger partial charge in [-0.15, -0.1) is 0 Å². The highest BCUT2D eigenvalue weighted by atomic mass is 35.5. The Hall–Kier alpha value is -1.65. The predicted molar refractivity (Wildman–Crippen MR) is 73.2 cm³/mol. The van der Waals surface area contributed by atoms with Crippen LogP contribution in [-0.2, 0) is 13.0 Å². The number of halogens is 1. The van der Waals surface area contributed by atoms with Crippen LogP contribution in [0, 0.1) is 0 Å². The van der Waals surface area contributed by atoms with Crippen LogP contribution >= 0.6 is 11.6 Å². The number of nitrogens with zero attached hydrogens (tertiary/aromatic N) is 2. The normalized spacial score (nSPS) is 10.4. The van der Waals surface area contributed by atoms with Crippen LogP contribution in [0.15, 0.2) is 36.8 Å². The van der Waals surface area contributed by atoms with Crippen LogP contribution in [0.3, 0.4) is 0 Å². The van der Waals surface area contributed by atoms with Gasteiger partial charge in [0.25, 0.3) is 0 Å². The maximum atomic E-state index is 9.09. The SMILES string of the molecule is OCc1cc(OCCCc2ccncc2)ncc1Cl. The van der Waals surface area contributed by atoms with E-state index in [4.69, 9.17) is 21.4 Å². The third-order valence-electron chi connectivity index (χ3n) is 2.69. The molecule has 0 radical (unpaired) electrons. The summed E-state index contributed by atoms with van der Waals surface area (Å²) in [5.41, 5.74) is 1.86. The first kappa shape index (κ1) is 13.8. The lowest BCUT2D eigenvalue weighted by atomic mass is 10.1. The summed E-state index contributed by atoms with van der Waals surface area (Å²) >= 11 is 5.85. The molecule has 0 fully saturated rings. The van der Waals surface area contributed by atoms with Gasteiger partial charge in [-0.2, -0.15) is 0 Å². The molecule has 0 unspecified atom stereocenters. The molecule has 19 heavy (non-hydrogen) atoms. The Bertz CT molecular complexity index is 520. The average Bonchev–Trinajstić information content (AvgIpc) is 2.46. The lowest BCUT2D eigenvalue weighted by Gasteiger charge is -2.07. The zero-order chi connectivity index (χ0) is 13.5. The number of ether oxygens (including phenoxy) is 1. The van der Waals surface area contributed by atoms with Gasteiger partial charge in [0.1, 0.15) is 0 Å². The molecule has 100 valence electrons. The van der Waals surface area contributed by atoms with Crippen LogP contribution in [0.1, 0.15) is 17.5 Å². The minimum absolute atomic E-state index is 0.116. The van der Waals surface area contributed by atoms with E-state index in [1.165, 1.54) is 11.8 Å². The molecule has 2 aromatic heterocycles. The summed E-state index contributed by atoms with van der Waals surface area (Å²) in [7, 11) is 0. The largest absolute Gasteiger partial charge is 0.478 e. The Labute approximate surface area is 117 Å². The van der Waals surface area contributed by atoms with Crippen molar-refractivity contribution in [3.63, 3.8) is 0 Å². The van der Waals surface area contributed by atoms with E-state index in [2.05, 4.69) is 9.97 Å². The molecule has 1 N–H and O–H groups in total. The number of aliphatic hydroxyl groups excluding tert-OH is 1. The Balaban J connectivity index is 1.80. The summed E-state index contributed by atoms with van der Waals surface area (Å²) < 4.78 is 5.53. The van der Waals surface area contributed by atoms with Crippen LogP contribution in [0.2, 0.25) is 5.02 Å². The van der Waals surface area contributed by atoms with Gasteiger partial charge in [-0.05, 0) is 30.5 Å². The highest BCUT2D eigenvalue weighted by molar-refractivity contribution is 6.31. The number of pyridine rings is 2. The molecule has 2 rings (SSSR count). The smallest absolute Gasteiger partial charge is 0.213 e. The Morgan fingerprint density at radius 1 is 1.26 bits per heavy atom. The van der Waals surface area contributed by atoms with E-state index in [1.54, 1.807) is 18.5 Å². The Morgan fingerprint density at radius 3 is 2.79 bits per heavy atom. The molecular weight excluding hydrogens is 264 g/mol. The van der Waals surface area contributed by atoms with Crippen molar-refractivity contribution >= 4 is 11.6 Å². The third kappa shape index (κ3) is 4.19. The predicted octanol–water partition coefficient (Wildman–Crippen LogP) is 2.63. The summed E-state index contributed by atoms with van der Waals surface area (Å²) in [6.07, 6.45) is 6.88. The van der Waals surface area contributed by atoms with E-state index in [0.717, 1.165) is 12.8 Å². The maximum Gasteiger partial charge on any atom is 0.213 e. The third-order valence-corrected chi connectivity index (χ3v) is 3.03. The number of rotatable bonds is 6. The second-order valence-electron chi connectivity index (χ2n) is 4.08. The molecule has 0 aliphatic heterocycles. The molecule has 0 saturated heterocycles. The van der Waals surface area contributed by atoms with Gasteiger partial charge in [-0.1, -0.05) is 11.6 Å². The first-order valence-electron chi connectivity index (χ1n) is 6.06. The molecule has 0 aromatic carbocycles. The zero-order valence-electron chi connectivity index (χ0n) is 10.4. The lowest BCUT2D eigenvalue weighted by molar-refractivity contribution is 0.276. The van der Waals surface area contributed by atoms with Gasteiger partial charge in [0, 0.05) is 30.2 Å². The first-order chi connectivity index (χ1) is 9.29. The molecule has 2 aromatic rings. The van der Waals surface area contributed by atoms with Crippen molar-refractivity contribution in [1.29, 1.82) is 0 Å². The summed E-state index contributed by atoms with van der Waals surface area (Å²) in [4.78, 5) is 8.03. The summed E-state index contributed by atoms with van der Waals surface area (Å²) in [6.45, 7) is 0.455. The van der Waals surface area contributed by atoms with Gasteiger partial charge >= 0.3 is 0 Å². The van der Waals surface area contributed by atoms with Crippen molar-refractivity contribution in [2.75, 3.05) is 6.61 Å². The summed E-state index contributed by atoms with van der Waals surface area (Å²) in [5, 5.41) is 9.54. The van der Waals surface area contributed by atoms with Gasteiger partial charge in [-0.3, -0.25) is 4.98 Å². The molecule has 4 nitrogen and oxygen atoms in total. The summed E-state index contributed by atoms with van der Waals surface area (Å²) in [5.74, 6) is 0.489. The number of aromatic nitrogens is 2. The van der Waals surface area contributed by atoms with Gasteiger partial charge < -0.3 is 9.84 Å². The first-order valence-corrected chi connectivity index (χ1v) is 6.44. The van der Waals surface area contributed by atoms with E-state index in [1.807, 2.05) is 12.1 Å². The van der Waals surface area contributed by atoms with Crippen molar-refractivity contribution in [1.82, 2.24) is 9.97 Å². The van der Waals surface area contributed by atoms with E-state index < -0.39 is 0 Å². The van der Waals surface area contributed by atoms with Gasteiger partial charge in [0.15, 0.2) is 0 Å². The molecular formula is C14H15ClN2O2. The lowest BCUT2D eigenvalue weighted by Crippen LogP contribution is -2.01. The quantitative estimate of drug-likeness (QED) is 0.826. The number of hydrogen-bond donors (Lipinski definition) is 1. The maximum absolute atomic E-state index is 9.09. The van der Waals surface area contributed by atoms with Crippen LogP contribution < -0.4 is 4.74 Å². The van der Waals surface area contributed by atoms with Gasteiger partial charge in [0.2, 0.25) is 5.88 Å². The van der Waals surface area contributed by atoms with Gasteiger partial charge in [-0.25, -0.2) is 4.98 Å². The summed E-state index contributed by atoms with van der Waals surface area (Å²) in [6, 6.07) is 5.64. The Morgan fingerprint density at radius 2 is 2.05 bits per heavy atom. The van der Waals surface area contributed by atoms with Crippen molar-refractivity contribution < 1.29 is 9.84 Å². The van der Waals surface area contributed by atoms with Crippen LogP contribution in [0.25, 0.3) is 0 Å². The second-order valence-corrected chi connectivity index (χ2v) is 4.49. The topological polar surface area (TPSA) is 55.2 Å². The number of hydrogen-bond acceptors (Lipinski definition) is 4. The molecule has 0 bridgehead atoms. The molecule has 0 aliphatic carbocycles. The molecule has 0 saturated carbocycles. The van der Waals surface area contributed by atoms with Crippen molar-refractivity contribution in [3.8, 4) is 5.88 Å². The highest BCUT2D eigenvalue weighted by Gasteiger charge is 2.03. The molecule has 5 heteroatoms. The van der Waals surface area contributed by atoms with Gasteiger partial charge in [0.05, 0.1) is 18.2 Å². The zero-order valence-corrected chi connectivity index (χ0v) is 11.2. The molecule has 0 amide bonds.